The maximum Gasteiger partial charge on any atom is 0.451 e. The van der Waals surface area contributed by atoms with E-state index in [0.717, 1.165) is 0 Å². The first-order valence-electron chi connectivity index (χ1n) is 3.20. The molecule has 0 aliphatic rings. The van der Waals surface area contributed by atoms with Crippen LogP contribution in [0.3, 0.4) is 0 Å². The quantitative estimate of drug-likeness (QED) is 0.501. The molecule has 0 aliphatic heterocycles. The van der Waals surface area contributed by atoms with Crippen LogP contribution in [0.2, 0.25) is 0 Å². The molecule has 13 heavy (non-hydrogen) atoms. The van der Waals surface area contributed by atoms with Crippen molar-refractivity contribution in [2.24, 2.45) is 5.84 Å². The lowest BCUT2D eigenvalue weighted by atomic mass is 10.5. The number of rotatable bonds is 1. The third-order valence-electron chi connectivity index (χ3n) is 1.13. The van der Waals surface area contributed by atoms with Crippen molar-refractivity contribution in [3.63, 3.8) is 0 Å². The Labute approximate surface area is 71.2 Å². The van der Waals surface area contributed by atoms with Gasteiger partial charge in [0.15, 0.2) is 0 Å². The minimum absolute atomic E-state index is 0.0460. The molecule has 0 saturated heterocycles. The summed E-state index contributed by atoms with van der Waals surface area (Å²) in [7, 11) is 0. The van der Waals surface area contributed by atoms with Gasteiger partial charge in [-0.15, -0.1) is 0 Å². The number of aromatic nitrogens is 3. The van der Waals surface area contributed by atoms with Crippen molar-refractivity contribution in [1.82, 2.24) is 15.0 Å². The number of aryl methyl sites for hydroxylation is 1. The predicted octanol–water partition coefficient (Wildman–Crippen LogP) is 0.484. The topological polar surface area (TPSA) is 76.7 Å². The minimum Gasteiger partial charge on any atom is -0.292 e. The van der Waals surface area contributed by atoms with E-state index in [4.69, 9.17) is 5.84 Å². The average molecular weight is 193 g/mol. The maximum atomic E-state index is 12.1. The van der Waals surface area contributed by atoms with Crippen molar-refractivity contribution in [2.45, 2.75) is 13.1 Å². The Balaban J connectivity index is 3.16. The zero-order valence-electron chi connectivity index (χ0n) is 6.55. The molecule has 72 valence electrons. The molecule has 0 radical (unpaired) electrons. The highest BCUT2D eigenvalue weighted by Gasteiger charge is 2.35. The van der Waals surface area contributed by atoms with Crippen molar-refractivity contribution in [3.8, 4) is 0 Å². The number of hydrogen-bond acceptors (Lipinski definition) is 5. The zero-order chi connectivity index (χ0) is 10.1. The van der Waals surface area contributed by atoms with E-state index in [1.54, 1.807) is 0 Å². The van der Waals surface area contributed by atoms with Gasteiger partial charge in [0.05, 0.1) is 0 Å². The van der Waals surface area contributed by atoms with Crippen LogP contribution in [0.25, 0.3) is 0 Å². The van der Waals surface area contributed by atoms with E-state index >= 15 is 0 Å². The summed E-state index contributed by atoms with van der Waals surface area (Å²) in [4.78, 5) is 9.66. The molecule has 0 aliphatic carbocycles. The van der Waals surface area contributed by atoms with Gasteiger partial charge in [-0.05, 0) is 6.92 Å². The molecule has 0 saturated carbocycles. The highest BCUT2D eigenvalue weighted by molar-refractivity contribution is 5.22. The third-order valence-corrected chi connectivity index (χ3v) is 1.13. The molecule has 1 heterocycles. The molecule has 0 bridgehead atoms. The second-order valence-corrected chi connectivity index (χ2v) is 2.17. The van der Waals surface area contributed by atoms with Crippen LogP contribution in [0, 0.1) is 6.92 Å². The molecular weight excluding hydrogens is 187 g/mol. The first-order valence-corrected chi connectivity index (χ1v) is 3.20. The highest BCUT2D eigenvalue weighted by atomic mass is 19.4. The number of alkyl halides is 3. The van der Waals surface area contributed by atoms with Crippen LogP contribution in [-0.4, -0.2) is 15.0 Å². The van der Waals surface area contributed by atoms with Crippen molar-refractivity contribution in [3.05, 3.63) is 11.6 Å². The summed E-state index contributed by atoms with van der Waals surface area (Å²) in [5, 5.41) is 0. The molecule has 1 aromatic heterocycles. The van der Waals surface area contributed by atoms with E-state index in [9.17, 15) is 13.2 Å². The number of nitrogen functional groups attached to an aromatic ring is 1. The van der Waals surface area contributed by atoms with Crippen molar-refractivity contribution >= 4 is 5.95 Å². The second-order valence-electron chi connectivity index (χ2n) is 2.17. The number of anilines is 1. The summed E-state index contributed by atoms with van der Waals surface area (Å²) in [6, 6.07) is 0. The van der Waals surface area contributed by atoms with Crippen LogP contribution in [0.1, 0.15) is 11.6 Å². The van der Waals surface area contributed by atoms with Gasteiger partial charge in [0, 0.05) is 0 Å². The third kappa shape index (κ3) is 2.25. The minimum atomic E-state index is -4.58. The zero-order valence-corrected chi connectivity index (χ0v) is 6.55. The Hall–Kier alpha value is -1.44. The molecule has 3 N–H and O–H groups in total. The van der Waals surface area contributed by atoms with Crippen LogP contribution in [0.4, 0.5) is 19.1 Å². The first-order chi connectivity index (χ1) is 5.93. The Morgan fingerprint density at radius 3 is 2.31 bits per heavy atom. The van der Waals surface area contributed by atoms with Crippen LogP contribution < -0.4 is 11.3 Å². The summed E-state index contributed by atoms with van der Waals surface area (Å²) in [5.41, 5.74) is 1.92. The number of hydrazine groups is 1. The SMILES string of the molecule is Cc1nc(NN)nc(C(F)(F)F)n1. The summed E-state index contributed by atoms with van der Waals surface area (Å²) >= 11 is 0. The Kier molecular flexibility index (Phi) is 2.32. The highest BCUT2D eigenvalue weighted by Crippen LogP contribution is 2.26. The number of nitrogens with two attached hydrogens (primary N) is 1. The van der Waals surface area contributed by atoms with Crippen LogP contribution in [0.5, 0.6) is 0 Å². The summed E-state index contributed by atoms with van der Waals surface area (Å²) in [6.07, 6.45) is -4.58. The standard InChI is InChI=1S/C5H6F3N5/c1-2-10-3(5(6,7)8)12-4(11-2)13-9/h9H2,1H3,(H,10,11,12,13). The smallest absolute Gasteiger partial charge is 0.292 e. The number of hydrogen-bond donors (Lipinski definition) is 2. The first kappa shape index (κ1) is 9.65. The van der Waals surface area contributed by atoms with Crippen LogP contribution >= 0.6 is 0 Å². The lowest BCUT2D eigenvalue weighted by Crippen LogP contribution is -2.18. The van der Waals surface area contributed by atoms with Crippen LogP contribution in [0.15, 0.2) is 0 Å². The van der Waals surface area contributed by atoms with Gasteiger partial charge < -0.3 is 0 Å². The Bertz CT molecular complexity index is 310. The van der Waals surface area contributed by atoms with Gasteiger partial charge in [-0.3, -0.25) is 5.43 Å². The molecule has 0 atom stereocenters. The largest absolute Gasteiger partial charge is 0.451 e. The van der Waals surface area contributed by atoms with E-state index < -0.39 is 12.0 Å². The molecule has 8 heteroatoms. The fourth-order valence-electron chi connectivity index (χ4n) is 0.673. The molecular formula is C5H6F3N5. The average Bonchev–Trinajstić information content (AvgIpc) is 2.01. The molecule has 0 fully saturated rings. The molecule has 1 aromatic rings. The summed E-state index contributed by atoms with van der Waals surface area (Å²) in [5.74, 6) is 3.25. The fraction of sp³-hybridized carbons (Fsp3) is 0.400. The van der Waals surface area contributed by atoms with Gasteiger partial charge in [-0.2, -0.15) is 23.1 Å². The molecule has 5 nitrogen and oxygen atoms in total. The molecule has 0 unspecified atom stereocenters. The molecule has 0 amide bonds. The fourth-order valence-corrected chi connectivity index (χ4v) is 0.673. The Morgan fingerprint density at radius 1 is 1.23 bits per heavy atom. The molecule has 0 spiro atoms. The Morgan fingerprint density at radius 2 is 1.85 bits per heavy atom. The summed E-state index contributed by atoms with van der Waals surface area (Å²) in [6.45, 7) is 1.32. The van der Waals surface area contributed by atoms with E-state index in [0.29, 0.717) is 0 Å². The van der Waals surface area contributed by atoms with Crippen molar-refractivity contribution in [1.29, 1.82) is 0 Å². The molecule has 0 aromatic carbocycles. The summed E-state index contributed by atoms with van der Waals surface area (Å²) < 4.78 is 36.2. The predicted molar refractivity (Wildman–Crippen MR) is 37.4 cm³/mol. The number of halogens is 3. The number of nitrogens with one attached hydrogen (secondary N) is 1. The normalized spacial score (nSPS) is 11.5. The molecule has 1 rings (SSSR count). The lowest BCUT2D eigenvalue weighted by molar-refractivity contribution is -0.145. The van der Waals surface area contributed by atoms with E-state index in [2.05, 4.69) is 15.0 Å². The lowest BCUT2D eigenvalue weighted by Gasteiger charge is -2.06. The number of nitrogens with zero attached hydrogens (tertiary/aromatic N) is 3. The monoisotopic (exact) mass is 193 g/mol. The van der Waals surface area contributed by atoms with Gasteiger partial charge >= 0.3 is 6.18 Å². The van der Waals surface area contributed by atoms with Gasteiger partial charge in [0.2, 0.25) is 11.8 Å². The second kappa shape index (κ2) is 3.13. The maximum absolute atomic E-state index is 12.1. The van der Waals surface area contributed by atoms with Gasteiger partial charge in [-0.1, -0.05) is 0 Å². The van der Waals surface area contributed by atoms with Crippen LogP contribution in [-0.2, 0) is 6.18 Å². The van der Waals surface area contributed by atoms with E-state index in [1.807, 2.05) is 5.43 Å². The van der Waals surface area contributed by atoms with E-state index in [-0.39, 0.29) is 11.8 Å². The van der Waals surface area contributed by atoms with Gasteiger partial charge in [0.25, 0.3) is 0 Å². The van der Waals surface area contributed by atoms with Crippen molar-refractivity contribution in [2.75, 3.05) is 5.43 Å². The van der Waals surface area contributed by atoms with Gasteiger partial charge in [-0.25, -0.2) is 10.8 Å². The van der Waals surface area contributed by atoms with E-state index in [1.165, 1.54) is 6.92 Å². The van der Waals surface area contributed by atoms with Gasteiger partial charge in [0.1, 0.15) is 5.82 Å². The van der Waals surface area contributed by atoms with Crippen molar-refractivity contribution < 1.29 is 13.2 Å².